The van der Waals surface area contributed by atoms with Gasteiger partial charge in [0.15, 0.2) is 0 Å². The number of hydrogen-bond donors (Lipinski definition) is 4. The molecule has 2 aromatic carbocycles. The molecule has 2 aliphatic rings. The fourth-order valence-corrected chi connectivity index (χ4v) is 5.06. The molecule has 0 bridgehead atoms. The zero-order valence-electron chi connectivity index (χ0n) is 18.3. The molecular formula is C25H29N3O5. The highest BCUT2D eigenvalue weighted by Gasteiger charge is 2.44. The first kappa shape index (κ1) is 22.8. The normalized spacial score (nSPS) is 23.2. The summed E-state index contributed by atoms with van der Waals surface area (Å²) in [6.45, 7) is 0. The second-order valence-electron chi connectivity index (χ2n) is 8.84. The smallest absolute Gasteiger partial charge is 0.326 e. The lowest BCUT2D eigenvalue weighted by molar-refractivity contribution is -0.156. The Kier molecular flexibility index (Phi) is 6.65. The number of carboxylic acids is 2. The van der Waals surface area contributed by atoms with Crippen LogP contribution in [0.4, 0.5) is 5.69 Å². The number of amides is 1. The molecule has 1 amide bonds. The summed E-state index contributed by atoms with van der Waals surface area (Å²) in [5.41, 5.74) is 9.33. The summed E-state index contributed by atoms with van der Waals surface area (Å²) >= 11 is 0. The predicted octanol–water partition coefficient (Wildman–Crippen LogP) is 2.38. The Labute approximate surface area is 192 Å². The molecule has 2 aromatic rings. The summed E-state index contributed by atoms with van der Waals surface area (Å²) in [5.74, 6) is -2.45. The van der Waals surface area contributed by atoms with E-state index in [1.165, 1.54) is 4.90 Å². The molecule has 1 saturated heterocycles. The van der Waals surface area contributed by atoms with Gasteiger partial charge in [-0.3, -0.25) is 14.9 Å². The van der Waals surface area contributed by atoms with Crippen molar-refractivity contribution >= 4 is 23.5 Å². The number of anilines is 1. The third kappa shape index (κ3) is 4.85. The third-order valence-electron chi connectivity index (χ3n) is 6.68. The minimum Gasteiger partial charge on any atom is -0.480 e. The summed E-state index contributed by atoms with van der Waals surface area (Å²) in [6, 6.07) is 11.9. The van der Waals surface area contributed by atoms with Crippen molar-refractivity contribution in [2.75, 3.05) is 5.73 Å². The van der Waals surface area contributed by atoms with Crippen LogP contribution >= 0.6 is 0 Å². The Morgan fingerprint density at radius 1 is 1.12 bits per heavy atom. The van der Waals surface area contributed by atoms with Crippen LogP contribution in [0.3, 0.4) is 0 Å². The highest BCUT2D eigenvalue weighted by Crippen LogP contribution is 2.40. The van der Waals surface area contributed by atoms with E-state index in [9.17, 15) is 24.6 Å². The lowest BCUT2D eigenvalue weighted by Crippen LogP contribution is -2.57. The van der Waals surface area contributed by atoms with Gasteiger partial charge in [0.1, 0.15) is 12.1 Å². The van der Waals surface area contributed by atoms with Gasteiger partial charge in [-0.15, -0.1) is 0 Å². The molecular weight excluding hydrogens is 422 g/mol. The Balaban J connectivity index is 1.64. The van der Waals surface area contributed by atoms with Crippen LogP contribution in [0.25, 0.3) is 0 Å². The molecule has 0 spiro atoms. The minimum absolute atomic E-state index is 0.281. The van der Waals surface area contributed by atoms with E-state index < -0.39 is 30.1 Å². The molecule has 2 heterocycles. The second kappa shape index (κ2) is 9.62. The number of aryl methyl sites for hydroxylation is 1. The summed E-state index contributed by atoms with van der Waals surface area (Å²) in [5, 5.41) is 22.7. The Hall–Kier alpha value is -3.39. The summed E-state index contributed by atoms with van der Waals surface area (Å²) in [6.07, 6.45) is 2.84. The maximum absolute atomic E-state index is 13.7. The van der Waals surface area contributed by atoms with E-state index in [4.69, 9.17) is 5.73 Å². The van der Waals surface area contributed by atoms with Crippen LogP contribution in [-0.2, 0) is 27.2 Å². The highest BCUT2D eigenvalue weighted by atomic mass is 16.4. The summed E-state index contributed by atoms with van der Waals surface area (Å²) in [7, 11) is 0. The molecule has 5 N–H and O–H groups in total. The molecule has 33 heavy (non-hydrogen) atoms. The van der Waals surface area contributed by atoms with Gasteiger partial charge in [0.2, 0.25) is 5.91 Å². The third-order valence-corrected chi connectivity index (χ3v) is 6.68. The maximum atomic E-state index is 13.7. The molecule has 0 unspecified atom stereocenters. The van der Waals surface area contributed by atoms with Crippen molar-refractivity contribution in [1.82, 2.24) is 10.2 Å². The quantitative estimate of drug-likeness (QED) is 0.475. The Morgan fingerprint density at radius 2 is 1.88 bits per heavy atom. The molecule has 4 rings (SSSR count). The van der Waals surface area contributed by atoms with Gasteiger partial charge in [-0.25, -0.2) is 4.79 Å². The number of fused-ring (bicyclic) bond motifs is 3. The van der Waals surface area contributed by atoms with Gasteiger partial charge >= 0.3 is 11.9 Å². The van der Waals surface area contributed by atoms with Crippen LogP contribution in [0.2, 0.25) is 0 Å². The number of carbonyl (C=O) groups is 3. The molecule has 0 aromatic heterocycles. The molecule has 4 atom stereocenters. The topological polar surface area (TPSA) is 133 Å². The number of rotatable bonds is 7. The SMILES string of the molecule is Nc1ccc2c(c1)[C@H]1CCC[C@@H](C(=O)O)N1C(=O)[C@@H](N[C@@H](CCc1ccccc1)C(=O)O)C2. The van der Waals surface area contributed by atoms with Crippen molar-refractivity contribution < 1.29 is 24.6 Å². The zero-order chi connectivity index (χ0) is 23.5. The number of nitrogen functional groups attached to an aromatic ring is 1. The number of benzene rings is 2. The first-order valence-corrected chi connectivity index (χ1v) is 11.3. The summed E-state index contributed by atoms with van der Waals surface area (Å²) < 4.78 is 0. The molecule has 1 fully saturated rings. The number of nitrogens with one attached hydrogen (secondary N) is 1. The van der Waals surface area contributed by atoms with Crippen molar-refractivity contribution in [3.8, 4) is 0 Å². The largest absolute Gasteiger partial charge is 0.480 e. The van der Waals surface area contributed by atoms with E-state index in [-0.39, 0.29) is 18.4 Å². The molecule has 8 heteroatoms. The van der Waals surface area contributed by atoms with Crippen LogP contribution in [0.1, 0.15) is 48.4 Å². The molecule has 8 nitrogen and oxygen atoms in total. The Morgan fingerprint density at radius 3 is 2.58 bits per heavy atom. The number of nitrogens with zero attached hydrogens (tertiary/aromatic N) is 1. The molecule has 2 aliphatic heterocycles. The van der Waals surface area contributed by atoms with Crippen LogP contribution < -0.4 is 11.1 Å². The van der Waals surface area contributed by atoms with Gasteiger partial charge in [0.25, 0.3) is 0 Å². The Bertz CT molecular complexity index is 1040. The first-order valence-electron chi connectivity index (χ1n) is 11.3. The van der Waals surface area contributed by atoms with Crippen molar-refractivity contribution in [2.45, 2.75) is 62.7 Å². The van der Waals surface area contributed by atoms with E-state index >= 15 is 0 Å². The van der Waals surface area contributed by atoms with Crippen LogP contribution in [0, 0.1) is 0 Å². The van der Waals surface area contributed by atoms with Gasteiger partial charge in [-0.2, -0.15) is 0 Å². The average Bonchev–Trinajstić information content (AvgIpc) is 2.91. The monoisotopic (exact) mass is 451 g/mol. The highest BCUT2D eigenvalue weighted by molar-refractivity contribution is 5.89. The number of nitrogens with two attached hydrogens (primary N) is 1. The lowest BCUT2D eigenvalue weighted by Gasteiger charge is -2.41. The van der Waals surface area contributed by atoms with Crippen molar-refractivity contribution in [3.05, 3.63) is 65.2 Å². The van der Waals surface area contributed by atoms with Crippen LogP contribution in [0.15, 0.2) is 48.5 Å². The van der Waals surface area contributed by atoms with Crippen molar-refractivity contribution in [3.63, 3.8) is 0 Å². The van der Waals surface area contributed by atoms with E-state index in [0.29, 0.717) is 37.8 Å². The minimum atomic E-state index is -1.04. The van der Waals surface area contributed by atoms with Crippen molar-refractivity contribution in [1.29, 1.82) is 0 Å². The molecule has 0 saturated carbocycles. The number of hydrogen-bond acceptors (Lipinski definition) is 5. The van der Waals surface area contributed by atoms with Crippen LogP contribution in [0.5, 0.6) is 0 Å². The van der Waals surface area contributed by atoms with Gasteiger partial charge in [-0.05, 0) is 67.3 Å². The number of piperidine rings is 1. The van der Waals surface area contributed by atoms with Gasteiger partial charge in [0, 0.05) is 5.69 Å². The predicted molar refractivity (Wildman–Crippen MR) is 123 cm³/mol. The fourth-order valence-electron chi connectivity index (χ4n) is 5.06. The number of carboxylic acid groups (broad SMARTS) is 2. The molecule has 0 radical (unpaired) electrons. The fraction of sp³-hybridized carbons (Fsp3) is 0.400. The van der Waals surface area contributed by atoms with E-state index in [1.54, 1.807) is 6.07 Å². The van der Waals surface area contributed by atoms with Crippen molar-refractivity contribution in [2.24, 2.45) is 0 Å². The molecule has 174 valence electrons. The number of aliphatic carboxylic acids is 2. The molecule has 0 aliphatic carbocycles. The lowest BCUT2D eigenvalue weighted by atomic mass is 9.89. The van der Waals surface area contributed by atoms with E-state index in [1.807, 2.05) is 42.5 Å². The average molecular weight is 452 g/mol. The van der Waals surface area contributed by atoms with Gasteiger partial charge < -0.3 is 20.8 Å². The van der Waals surface area contributed by atoms with E-state index in [2.05, 4.69) is 5.32 Å². The standard InChI is InChI=1S/C25H29N3O5/c26-17-11-10-16-13-20(27-19(24(30)31)12-9-15-5-2-1-3-6-15)23(29)28-21(18(16)14-17)7-4-8-22(28)25(32)33/h1-3,5-6,10-11,14,19-22,27H,4,7-9,12-13,26H2,(H,30,31)(H,32,33)/t19-,20-,21+,22-/m0/s1. The maximum Gasteiger partial charge on any atom is 0.326 e. The summed E-state index contributed by atoms with van der Waals surface area (Å²) in [4.78, 5) is 39.1. The van der Waals surface area contributed by atoms with Gasteiger partial charge in [-0.1, -0.05) is 36.4 Å². The van der Waals surface area contributed by atoms with E-state index in [0.717, 1.165) is 16.7 Å². The second-order valence-corrected chi connectivity index (χ2v) is 8.84. The first-order chi connectivity index (χ1) is 15.8. The zero-order valence-corrected chi connectivity index (χ0v) is 18.3. The number of carbonyl (C=O) groups excluding carboxylic acids is 1. The van der Waals surface area contributed by atoms with Gasteiger partial charge in [0.05, 0.1) is 12.1 Å². The van der Waals surface area contributed by atoms with Crippen LogP contribution in [-0.4, -0.2) is 51.1 Å².